The van der Waals surface area contributed by atoms with Gasteiger partial charge in [-0.15, -0.1) is 0 Å². The van der Waals surface area contributed by atoms with E-state index in [1.165, 1.54) is 12.1 Å². The SMILES string of the molecule is CN1C(=O)CCc2cc(NC(=O)CCS(=O)(=O)c3ccccc3)ccc21. The lowest BCUT2D eigenvalue weighted by Crippen LogP contribution is -2.31. The van der Waals surface area contributed by atoms with Gasteiger partial charge in [-0.1, -0.05) is 18.2 Å². The second kappa shape index (κ2) is 7.29. The Morgan fingerprint density at radius 1 is 1.12 bits per heavy atom. The smallest absolute Gasteiger partial charge is 0.227 e. The molecule has 0 spiro atoms. The third kappa shape index (κ3) is 3.94. The summed E-state index contributed by atoms with van der Waals surface area (Å²) in [6.45, 7) is 0. The molecule has 1 aliphatic heterocycles. The molecule has 26 heavy (non-hydrogen) atoms. The predicted octanol–water partition coefficient (Wildman–Crippen LogP) is 2.40. The van der Waals surface area contributed by atoms with Gasteiger partial charge < -0.3 is 10.2 Å². The summed E-state index contributed by atoms with van der Waals surface area (Å²) >= 11 is 0. The van der Waals surface area contributed by atoms with Gasteiger partial charge in [-0.25, -0.2) is 8.42 Å². The fourth-order valence-corrected chi connectivity index (χ4v) is 4.19. The number of sulfone groups is 1. The average Bonchev–Trinajstić information content (AvgIpc) is 2.64. The van der Waals surface area contributed by atoms with Crippen molar-refractivity contribution >= 4 is 33.0 Å². The minimum Gasteiger partial charge on any atom is -0.326 e. The van der Waals surface area contributed by atoms with Gasteiger partial charge in [0, 0.05) is 31.3 Å². The van der Waals surface area contributed by atoms with Gasteiger partial charge in [0.1, 0.15) is 0 Å². The molecule has 1 heterocycles. The summed E-state index contributed by atoms with van der Waals surface area (Å²) in [5, 5.41) is 2.74. The molecular formula is C19H20N2O4S. The third-order valence-electron chi connectivity index (χ3n) is 4.41. The fraction of sp³-hybridized carbons (Fsp3) is 0.263. The molecule has 2 aromatic rings. The standard InChI is InChI=1S/C19H20N2O4S/c1-21-17-9-8-15(13-14(17)7-10-19(21)23)20-18(22)11-12-26(24,25)16-5-3-2-4-6-16/h2-6,8-9,13H,7,10-12H2,1H3,(H,20,22). The van der Waals surface area contributed by atoms with E-state index in [0.29, 0.717) is 18.5 Å². The molecule has 7 heteroatoms. The number of anilines is 2. The molecule has 1 aliphatic rings. The van der Waals surface area contributed by atoms with Crippen LogP contribution in [0.2, 0.25) is 0 Å². The number of nitrogens with one attached hydrogen (secondary N) is 1. The molecule has 0 fully saturated rings. The maximum Gasteiger partial charge on any atom is 0.227 e. The van der Waals surface area contributed by atoms with Crippen molar-refractivity contribution in [1.29, 1.82) is 0 Å². The second-order valence-electron chi connectivity index (χ2n) is 6.23. The van der Waals surface area contributed by atoms with Crippen LogP contribution >= 0.6 is 0 Å². The third-order valence-corrected chi connectivity index (χ3v) is 6.14. The van der Waals surface area contributed by atoms with Crippen LogP contribution in [0.25, 0.3) is 0 Å². The van der Waals surface area contributed by atoms with Gasteiger partial charge >= 0.3 is 0 Å². The maximum absolute atomic E-state index is 12.2. The van der Waals surface area contributed by atoms with Gasteiger partial charge in [-0.2, -0.15) is 0 Å². The topological polar surface area (TPSA) is 83.6 Å². The van der Waals surface area contributed by atoms with E-state index in [2.05, 4.69) is 5.32 Å². The van der Waals surface area contributed by atoms with E-state index in [0.717, 1.165) is 11.3 Å². The number of rotatable bonds is 5. The minimum atomic E-state index is -3.48. The quantitative estimate of drug-likeness (QED) is 0.874. The normalized spacial score (nSPS) is 14.0. The van der Waals surface area contributed by atoms with Crippen LogP contribution in [0, 0.1) is 0 Å². The number of nitrogens with zero attached hydrogens (tertiary/aromatic N) is 1. The number of benzene rings is 2. The molecular weight excluding hydrogens is 352 g/mol. The highest BCUT2D eigenvalue weighted by Gasteiger charge is 2.21. The number of amides is 2. The lowest BCUT2D eigenvalue weighted by Gasteiger charge is -2.26. The summed E-state index contributed by atoms with van der Waals surface area (Å²) < 4.78 is 24.5. The number of carbonyl (C=O) groups excluding carboxylic acids is 2. The second-order valence-corrected chi connectivity index (χ2v) is 8.34. The summed E-state index contributed by atoms with van der Waals surface area (Å²) in [7, 11) is -1.75. The van der Waals surface area contributed by atoms with Crippen LogP contribution in [0.4, 0.5) is 11.4 Å². The molecule has 0 unspecified atom stereocenters. The average molecular weight is 372 g/mol. The van der Waals surface area contributed by atoms with Crippen LogP contribution in [0.15, 0.2) is 53.4 Å². The Hall–Kier alpha value is -2.67. The largest absolute Gasteiger partial charge is 0.326 e. The molecule has 0 atom stereocenters. The number of hydrogen-bond donors (Lipinski definition) is 1. The van der Waals surface area contributed by atoms with Crippen molar-refractivity contribution in [3.8, 4) is 0 Å². The summed E-state index contributed by atoms with van der Waals surface area (Å²) in [6.07, 6.45) is 0.952. The summed E-state index contributed by atoms with van der Waals surface area (Å²) in [5.41, 5.74) is 2.43. The minimum absolute atomic E-state index is 0.0698. The van der Waals surface area contributed by atoms with Crippen molar-refractivity contribution in [3.05, 3.63) is 54.1 Å². The molecule has 0 saturated carbocycles. The molecule has 6 nitrogen and oxygen atoms in total. The Morgan fingerprint density at radius 2 is 1.85 bits per heavy atom. The van der Waals surface area contributed by atoms with Gasteiger partial charge in [0.05, 0.1) is 10.6 Å². The molecule has 0 bridgehead atoms. The Bertz CT molecular complexity index is 939. The first-order valence-electron chi connectivity index (χ1n) is 8.34. The molecule has 136 valence electrons. The van der Waals surface area contributed by atoms with E-state index < -0.39 is 9.84 Å². The molecule has 0 aromatic heterocycles. The first kappa shape index (κ1) is 18.1. The molecule has 0 aliphatic carbocycles. The Balaban J connectivity index is 1.63. The van der Waals surface area contributed by atoms with Crippen molar-refractivity contribution in [3.63, 3.8) is 0 Å². The van der Waals surface area contributed by atoms with Crippen LogP contribution in [-0.4, -0.2) is 33.0 Å². The van der Waals surface area contributed by atoms with Gasteiger partial charge in [0.25, 0.3) is 0 Å². The lowest BCUT2D eigenvalue weighted by atomic mass is 10.0. The first-order chi connectivity index (χ1) is 12.4. The highest BCUT2D eigenvalue weighted by Crippen LogP contribution is 2.29. The van der Waals surface area contributed by atoms with Crippen molar-refractivity contribution in [2.75, 3.05) is 23.0 Å². The highest BCUT2D eigenvalue weighted by molar-refractivity contribution is 7.91. The number of aryl methyl sites for hydroxylation is 1. The number of hydrogen-bond acceptors (Lipinski definition) is 4. The molecule has 2 aromatic carbocycles. The summed E-state index contributed by atoms with van der Waals surface area (Å²) in [4.78, 5) is 25.7. The fourth-order valence-electron chi connectivity index (χ4n) is 2.93. The lowest BCUT2D eigenvalue weighted by molar-refractivity contribution is -0.118. The molecule has 0 saturated heterocycles. The van der Waals surface area contributed by atoms with E-state index in [-0.39, 0.29) is 28.9 Å². The van der Waals surface area contributed by atoms with E-state index in [4.69, 9.17) is 0 Å². The molecule has 3 rings (SSSR count). The molecule has 2 amide bonds. The van der Waals surface area contributed by atoms with E-state index >= 15 is 0 Å². The Labute approximate surface area is 152 Å². The van der Waals surface area contributed by atoms with Gasteiger partial charge in [-0.3, -0.25) is 9.59 Å². The Morgan fingerprint density at radius 3 is 2.58 bits per heavy atom. The van der Waals surface area contributed by atoms with Gasteiger partial charge in [-0.05, 0) is 42.3 Å². The van der Waals surface area contributed by atoms with Crippen LogP contribution in [0.5, 0.6) is 0 Å². The van der Waals surface area contributed by atoms with E-state index in [1.54, 1.807) is 42.3 Å². The van der Waals surface area contributed by atoms with Crippen LogP contribution in [0.3, 0.4) is 0 Å². The van der Waals surface area contributed by atoms with Crippen molar-refractivity contribution in [2.45, 2.75) is 24.2 Å². The molecule has 1 N–H and O–H groups in total. The van der Waals surface area contributed by atoms with E-state index in [9.17, 15) is 18.0 Å². The molecule has 0 radical (unpaired) electrons. The van der Waals surface area contributed by atoms with Gasteiger partial charge in [0.15, 0.2) is 9.84 Å². The van der Waals surface area contributed by atoms with Crippen molar-refractivity contribution < 1.29 is 18.0 Å². The summed E-state index contributed by atoms with van der Waals surface area (Å²) in [5.74, 6) is -0.532. The highest BCUT2D eigenvalue weighted by atomic mass is 32.2. The Kier molecular flexibility index (Phi) is 5.08. The predicted molar refractivity (Wildman–Crippen MR) is 99.9 cm³/mol. The summed E-state index contributed by atoms with van der Waals surface area (Å²) in [6, 6.07) is 13.4. The van der Waals surface area contributed by atoms with Crippen LogP contribution in [-0.2, 0) is 25.8 Å². The number of fused-ring (bicyclic) bond motifs is 1. The van der Waals surface area contributed by atoms with E-state index in [1.807, 2.05) is 6.07 Å². The zero-order valence-corrected chi connectivity index (χ0v) is 15.3. The van der Waals surface area contributed by atoms with Crippen LogP contribution in [0.1, 0.15) is 18.4 Å². The van der Waals surface area contributed by atoms with Crippen molar-refractivity contribution in [1.82, 2.24) is 0 Å². The maximum atomic E-state index is 12.2. The first-order valence-corrected chi connectivity index (χ1v) is 9.99. The van der Waals surface area contributed by atoms with Crippen molar-refractivity contribution in [2.24, 2.45) is 0 Å². The van der Waals surface area contributed by atoms with Gasteiger partial charge in [0.2, 0.25) is 11.8 Å². The van der Waals surface area contributed by atoms with Crippen LogP contribution < -0.4 is 10.2 Å². The zero-order valence-electron chi connectivity index (χ0n) is 14.4. The zero-order chi connectivity index (χ0) is 18.7. The monoisotopic (exact) mass is 372 g/mol. The number of carbonyl (C=O) groups is 2.